The molecule has 1 aromatic carbocycles. The fraction of sp³-hybridized carbons (Fsp3) is 0.318. The van der Waals surface area contributed by atoms with Crippen LogP contribution >= 0.6 is 11.6 Å². The number of pyridine rings is 1. The fourth-order valence-electron chi connectivity index (χ4n) is 4.13. The lowest BCUT2D eigenvalue weighted by molar-refractivity contribution is -0.159. The highest BCUT2D eigenvalue weighted by atomic mass is 35.5. The van der Waals surface area contributed by atoms with E-state index in [0.29, 0.717) is 54.2 Å². The van der Waals surface area contributed by atoms with Gasteiger partial charge in [-0.25, -0.2) is 17.4 Å². The first-order chi connectivity index (χ1) is 14.4. The molecule has 156 valence electrons. The molecule has 0 bridgehead atoms. The van der Waals surface area contributed by atoms with Gasteiger partial charge in [-0.05, 0) is 43.2 Å². The third-order valence-electron chi connectivity index (χ3n) is 5.74. The maximum absolute atomic E-state index is 13.6. The van der Waals surface area contributed by atoms with Crippen molar-refractivity contribution in [1.29, 1.82) is 0 Å². The summed E-state index contributed by atoms with van der Waals surface area (Å²) >= 11 is 6.39. The summed E-state index contributed by atoms with van der Waals surface area (Å²) in [6.07, 6.45) is 5.43. The van der Waals surface area contributed by atoms with Gasteiger partial charge in [-0.3, -0.25) is 0 Å². The maximum Gasteiger partial charge on any atom is 0.269 e. The summed E-state index contributed by atoms with van der Waals surface area (Å²) in [4.78, 5) is 4.57. The molecule has 0 radical (unpaired) electrons. The fourth-order valence-corrected chi connectivity index (χ4v) is 5.81. The Morgan fingerprint density at radius 1 is 1.13 bits per heavy atom. The number of hydrogen-bond donors (Lipinski definition) is 0. The summed E-state index contributed by atoms with van der Waals surface area (Å²) in [6.45, 7) is 3.10. The minimum atomic E-state index is -3.87. The van der Waals surface area contributed by atoms with Gasteiger partial charge in [-0.1, -0.05) is 35.4 Å². The molecule has 3 aromatic rings. The molecule has 1 spiro atoms. The molecule has 30 heavy (non-hydrogen) atoms. The van der Waals surface area contributed by atoms with Crippen molar-refractivity contribution in [2.45, 2.75) is 36.9 Å². The van der Waals surface area contributed by atoms with E-state index in [0.717, 1.165) is 11.1 Å². The lowest BCUT2D eigenvalue weighted by atomic mass is 9.92. The van der Waals surface area contributed by atoms with E-state index >= 15 is 0 Å². The van der Waals surface area contributed by atoms with Gasteiger partial charge in [0.15, 0.2) is 11.4 Å². The molecule has 3 heterocycles. The zero-order chi connectivity index (χ0) is 20.9. The van der Waals surface area contributed by atoms with Crippen LogP contribution in [0.4, 0.5) is 0 Å². The lowest BCUT2D eigenvalue weighted by Crippen LogP contribution is -2.31. The molecule has 0 saturated carbocycles. The minimum absolute atomic E-state index is 0.212. The van der Waals surface area contributed by atoms with Crippen LogP contribution in [0.2, 0.25) is 5.02 Å². The molecule has 8 heteroatoms. The van der Waals surface area contributed by atoms with E-state index in [9.17, 15) is 8.42 Å². The normalized spacial score (nSPS) is 18.8. The zero-order valence-corrected chi connectivity index (χ0v) is 18.0. The van der Waals surface area contributed by atoms with Gasteiger partial charge in [0.05, 0.1) is 28.8 Å². The lowest BCUT2D eigenvalue weighted by Gasteiger charge is -2.30. The van der Waals surface area contributed by atoms with Gasteiger partial charge in [-0.15, -0.1) is 0 Å². The predicted molar refractivity (Wildman–Crippen MR) is 115 cm³/mol. The van der Waals surface area contributed by atoms with Crippen LogP contribution in [0.15, 0.2) is 53.6 Å². The van der Waals surface area contributed by atoms with Gasteiger partial charge < -0.3 is 9.47 Å². The highest BCUT2D eigenvalue weighted by Crippen LogP contribution is 2.41. The second kappa shape index (κ2) is 7.20. The van der Waals surface area contributed by atoms with Crippen LogP contribution in [-0.4, -0.2) is 36.4 Å². The SMILES string of the molecule is Cc1ccc(S(=O)(=O)n2c(C3=CCC4(CC3)OCCO4)cc3c(Cl)ccnc32)cc1. The van der Waals surface area contributed by atoms with Crippen molar-refractivity contribution in [3.63, 3.8) is 0 Å². The second-order valence-corrected chi connectivity index (χ2v) is 9.88. The first-order valence-corrected chi connectivity index (χ1v) is 11.7. The number of allylic oxidation sites excluding steroid dienone is 1. The number of ether oxygens (including phenoxy) is 2. The Hall–Kier alpha value is -2.19. The van der Waals surface area contributed by atoms with Crippen molar-refractivity contribution in [2.24, 2.45) is 0 Å². The van der Waals surface area contributed by atoms with Gasteiger partial charge in [0.2, 0.25) is 0 Å². The Bertz CT molecular complexity index is 1260. The molecule has 0 amide bonds. The minimum Gasteiger partial charge on any atom is -0.347 e. The summed E-state index contributed by atoms with van der Waals surface area (Å²) in [6, 6.07) is 10.3. The van der Waals surface area contributed by atoms with E-state index in [4.69, 9.17) is 21.1 Å². The van der Waals surface area contributed by atoms with Gasteiger partial charge in [0.25, 0.3) is 10.0 Å². The van der Waals surface area contributed by atoms with Gasteiger partial charge in [0.1, 0.15) is 0 Å². The largest absolute Gasteiger partial charge is 0.347 e. The smallest absolute Gasteiger partial charge is 0.269 e. The molecule has 2 aliphatic rings. The summed E-state index contributed by atoms with van der Waals surface area (Å²) in [5.74, 6) is -0.577. The van der Waals surface area contributed by atoms with E-state index in [-0.39, 0.29) is 4.90 Å². The Labute approximate surface area is 180 Å². The van der Waals surface area contributed by atoms with E-state index in [1.54, 1.807) is 30.3 Å². The number of benzene rings is 1. The van der Waals surface area contributed by atoms with Crippen LogP contribution < -0.4 is 0 Å². The molecule has 6 nitrogen and oxygen atoms in total. The van der Waals surface area contributed by atoms with Crippen molar-refractivity contribution >= 4 is 38.2 Å². The number of hydrogen-bond acceptors (Lipinski definition) is 5. The highest BCUT2D eigenvalue weighted by Gasteiger charge is 2.38. The Balaban J connectivity index is 1.69. The summed E-state index contributed by atoms with van der Waals surface area (Å²) in [5.41, 5.74) is 2.82. The topological polar surface area (TPSA) is 70.4 Å². The number of fused-ring (bicyclic) bond motifs is 1. The Kier molecular flexibility index (Phi) is 4.74. The highest BCUT2D eigenvalue weighted by molar-refractivity contribution is 7.90. The van der Waals surface area contributed by atoms with Crippen molar-refractivity contribution in [1.82, 2.24) is 8.96 Å². The molecular weight excluding hydrogens is 424 g/mol. The average Bonchev–Trinajstić information content (AvgIpc) is 3.35. The molecule has 1 aliphatic heterocycles. The van der Waals surface area contributed by atoms with Crippen molar-refractivity contribution < 1.29 is 17.9 Å². The van der Waals surface area contributed by atoms with Gasteiger partial charge in [-0.2, -0.15) is 0 Å². The van der Waals surface area contributed by atoms with Crippen molar-refractivity contribution in [2.75, 3.05) is 13.2 Å². The van der Waals surface area contributed by atoms with Gasteiger partial charge in [0, 0.05) is 24.4 Å². The molecule has 2 aromatic heterocycles. The standard InChI is InChI=1S/C22H21ClN2O4S/c1-15-2-4-17(5-3-15)30(26,27)25-20(14-18-19(23)8-11-24-21(18)25)16-6-9-22(10-7-16)28-12-13-29-22/h2-6,8,11,14H,7,9-10,12-13H2,1H3. The van der Waals surface area contributed by atoms with E-state index in [2.05, 4.69) is 4.98 Å². The Morgan fingerprint density at radius 3 is 2.53 bits per heavy atom. The maximum atomic E-state index is 13.6. The van der Waals surface area contributed by atoms with E-state index in [1.165, 1.54) is 10.2 Å². The zero-order valence-electron chi connectivity index (χ0n) is 16.5. The third kappa shape index (κ3) is 3.17. The number of halogens is 1. The molecule has 1 fully saturated rings. The molecule has 0 N–H and O–H groups in total. The van der Waals surface area contributed by atoms with Gasteiger partial charge >= 0.3 is 0 Å². The summed E-state index contributed by atoms with van der Waals surface area (Å²) in [7, 11) is -3.87. The first kappa shape index (κ1) is 19.8. The van der Waals surface area contributed by atoms with E-state index in [1.807, 2.05) is 19.1 Å². The molecule has 1 saturated heterocycles. The number of aryl methyl sites for hydroxylation is 1. The van der Waals surface area contributed by atoms with Crippen molar-refractivity contribution in [3.8, 4) is 0 Å². The Morgan fingerprint density at radius 2 is 1.87 bits per heavy atom. The van der Waals surface area contributed by atoms with Crippen LogP contribution in [0.1, 0.15) is 30.5 Å². The molecular formula is C22H21ClN2O4S. The first-order valence-electron chi connectivity index (χ1n) is 9.85. The summed E-state index contributed by atoms with van der Waals surface area (Å²) < 4.78 is 40.2. The number of aromatic nitrogens is 2. The molecule has 1 aliphatic carbocycles. The molecule has 0 atom stereocenters. The van der Waals surface area contributed by atoms with Crippen molar-refractivity contribution in [3.05, 3.63) is 65.0 Å². The van der Waals surface area contributed by atoms with E-state index < -0.39 is 15.8 Å². The van der Waals surface area contributed by atoms with Crippen LogP contribution in [0.25, 0.3) is 16.6 Å². The van der Waals surface area contributed by atoms with Crippen LogP contribution in [0.3, 0.4) is 0 Å². The number of nitrogens with zero attached hydrogens (tertiary/aromatic N) is 2. The van der Waals surface area contributed by atoms with Crippen LogP contribution in [0, 0.1) is 6.92 Å². The molecule has 0 unspecified atom stereocenters. The van der Waals surface area contributed by atoms with Crippen LogP contribution in [-0.2, 0) is 19.5 Å². The number of rotatable bonds is 3. The predicted octanol–water partition coefficient (Wildman–Crippen LogP) is 4.55. The quantitative estimate of drug-likeness (QED) is 0.592. The second-order valence-electron chi connectivity index (χ2n) is 7.68. The third-order valence-corrected chi connectivity index (χ3v) is 7.79. The monoisotopic (exact) mass is 444 g/mol. The van der Waals surface area contributed by atoms with Crippen LogP contribution in [0.5, 0.6) is 0 Å². The summed E-state index contributed by atoms with van der Waals surface area (Å²) in [5, 5.41) is 1.08. The molecule has 5 rings (SSSR count). The average molecular weight is 445 g/mol.